The molecule has 2 aromatic carbocycles. The van der Waals surface area contributed by atoms with Crippen LogP contribution in [-0.2, 0) is 5.41 Å². The van der Waals surface area contributed by atoms with Gasteiger partial charge < -0.3 is 5.11 Å². The van der Waals surface area contributed by atoms with Crippen molar-refractivity contribution >= 4 is 28.1 Å². The van der Waals surface area contributed by atoms with Gasteiger partial charge in [0.25, 0.3) is 5.56 Å². The monoisotopic (exact) mass is 432 g/mol. The number of halogens is 1. The highest BCUT2D eigenvalue weighted by molar-refractivity contribution is 6.35. The van der Waals surface area contributed by atoms with Crippen molar-refractivity contribution in [2.75, 3.05) is 6.61 Å². The van der Waals surface area contributed by atoms with Crippen molar-refractivity contribution in [3.8, 4) is 5.69 Å². The fourth-order valence-corrected chi connectivity index (χ4v) is 6.31. The van der Waals surface area contributed by atoms with Crippen molar-refractivity contribution in [3.63, 3.8) is 0 Å². The van der Waals surface area contributed by atoms with Crippen LogP contribution in [0.25, 0.3) is 22.2 Å². The summed E-state index contributed by atoms with van der Waals surface area (Å²) in [4.78, 5) is 17.7. The molecule has 1 spiro atoms. The predicted octanol–water partition coefficient (Wildman–Crippen LogP) is 5.39. The topological polar surface area (TPSA) is 55.1 Å². The van der Waals surface area contributed by atoms with Crippen LogP contribution in [0, 0.1) is 5.92 Å². The summed E-state index contributed by atoms with van der Waals surface area (Å²) in [7, 11) is 0. The summed E-state index contributed by atoms with van der Waals surface area (Å²) in [5.74, 6) is 1.13. The minimum atomic E-state index is -0.228. The lowest BCUT2D eigenvalue weighted by Crippen LogP contribution is -2.32. The molecule has 1 N–H and O–H groups in total. The number of aliphatic hydroxyl groups excluding tert-OH is 1. The smallest absolute Gasteiger partial charge is 0.282 e. The van der Waals surface area contributed by atoms with E-state index < -0.39 is 0 Å². The average Bonchev–Trinajstić information content (AvgIpc) is 3.37. The standard InChI is InChI=1S/C26H25ClN2O2/c27-20-5-4-6-21-23(20)24(31)28-25-26(11-2-1-3-12-26)19-10-9-18(14-22(19)29(21)25)17-8-7-16(13-17)15-30/h4-6,9-10,13-14,16,30H,1-3,7-8,11-12,15H2. The first kappa shape index (κ1) is 19.3. The summed E-state index contributed by atoms with van der Waals surface area (Å²) < 4.78 is 2.20. The Labute approximate surface area is 186 Å². The van der Waals surface area contributed by atoms with Gasteiger partial charge >= 0.3 is 0 Å². The lowest BCUT2D eigenvalue weighted by Gasteiger charge is -2.33. The number of allylic oxidation sites excluding steroid dienone is 1. The minimum absolute atomic E-state index is 0.195. The second kappa shape index (κ2) is 7.04. The van der Waals surface area contributed by atoms with E-state index in [4.69, 9.17) is 11.6 Å². The highest BCUT2D eigenvalue weighted by atomic mass is 35.5. The van der Waals surface area contributed by atoms with Gasteiger partial charge in [0.2, 0.25) is 0 Å². The summed E-state index contributed by atoms with van der Waals surface area (Å²) in [5.41, 5.74) is 5.33. The molecule has 3 aromatic rings. The molecule has 1 unspecified atom stereocenters. The Bertz CT molecular complexity index is 1300. The van der Waals surface area contributed by atoms with Crippen LogP contribution < -0.4 is 5.56 Å². The summed E-state index contributed by atoms with van der Waals surface area (Å²) >= 11 is 6.45. The fraction of sp³-hybridized carbons (Fsp3) is 0.385. The van der Waals surface area contributed by atoms with Crippen LogP contribution in [0.15, 0.2) is 47.3 Å². The minimum Gasteiger partial charge on any atom is -0.396 e. The molecule has 1 aromatic heterocycles. The first-order chi connectivity index (χ1) is 15.1. The molecule has 5 heteroatoms. The number of aromatic nitrogens is 2. The van der Waals surface area contributed by atoms with Crippen molar-refractivity contribution in [2.24, 2.45) is 5.92 Å². The molecule has 31 heavy (non-hydrogen) atoms. The van der Waals surface area contributed by atoms with Gasteiger partial charge in [-0.2, -0.15) is 4.98 Å². The van der Waals surface area contributed by atoms with Gasteiger partial charge in [0, 0.05) is 12.5 Å². The molecule has 0 bridgehead atoms. The second-order valence-corrected chi connectivity index (χ2v) is 9.67. The Morgan fingerprint density at radius 3 is 2.77 bits per heavy atom. The van der Waals surface area contributed by atoms with E-state index in [1.165, 1.54) is 23.1 Å². The van der Waals surface area contributed by atoms with E-state index in [0.717, 1.165) is 55.6 Å². The molecule has 0 amide bonds. The SMILES string of the molecule is O=c1nc2n(c3cccc(Cl)c13)-c1cc(C3=CC(CO)CC3)ccc1C21CCCCC1. The lowest BCUT2D eigenvalue weighted by atomic mass is 9.69. The number of aliphatic hydroxyl groups is 1. The third kappa shape index (κ3) is 2.71. The molecular weight excluding hydrogens is 408 g/mol. The van der Waals surface area contributed by atoms with Crippen LogP contribution >= 0.6 is 11.6 Å². The van der Waals surface area contributed by atoms with E-state index in [2.05, 4.69) is 33.8 Å². The van der Waals surface area contributed by atoms with Gasteiger partial charge in [0.05, 0.1) is 27.0 Å². The van der Waals surface area contributed by atoms with Crippen molar-refractivity contribution in [3.05, 3.63) is 74.8 Å². The third-order valence-corrected chi connectivity index (χ3v) is 7.90. The molecule has 2 aliphatic carbocycles. The van der Waals surface area contributed by atoms with E-state index in [0.29, 0.717) is 10.4 Å². The Morgan fingerprint density at radius 2 is 2.00 bits per heavy atom. The van der Waals surface area contributed by atoms with E-state index in [1.54, 1.807) is 6.07 Å². The fourth-order valence-electron chi connectivity index (χ4n) is 6.06. The molecule has 3 aliphatic rings. The van der Waals surface area contributed by atoms with Crippen LogP contribution in [0.1, 0.15) is 61.9 Å². The van der Waals surface area contributed by atoms with Crippen LogP contribution in [0.4, 0.5) is 0 Å². The molecule has 1 aliphatic heterocycles. The number of hydrogen-bond donors (Lipinski definition) is 1. The van der Waals surface area contributed by atoms with Crippen LogP contribution in [0.2, 0.25) is 5.02 Å². The zero-order chi connectivity index (χ0) is 21.2. The Kier molecular flexibility index (Phi) is 4.38. The third-order valence-electron chi connectivity index (χ3n) is 7.58. The number of rotatable bonds is 2. The zero-order valence-corrected chi connectivity index (χ0v) is 18.2. The molecule has 2 heterocycles. The van der Waals surface area contributed by atoms with Gasteiger partial charge in [-0.15, -0.1) is 0 Å². The number of nitrogens with zero attached hydrogens (tertiary/aromatic N) is 2. The van der Waals surface area contributed by atoms with Gasteiger partial charge in [0.15, 0.2) is 0 Å². The first-order valence-electron chi connectivity index (χ1n) is 11.3. The van der Waals surface area contributed by atoms with Gasteiger partial charge in [0.1, 0.15) is 5.82 Å². The van der Waals surface area contributed by atoms with Gasteiger partial charge in [-0.25, -0.2) is 0 Å². The lowest BCUT2D eigenvalue weighted by molar-refractivity contribution is 0.251. The normalized spacial score (nSPS) is 21.4. The molecule has 1 saturated carbocycles. The number of hydrogen-bond acceptors (Lipinski definition) is 3. The molecule has 158 valence electrons. The zero-order valence-electron chi connectivity index (χ0n) is 17.4. The Balaban J connectivity index is 1.65. The molecule has 1 atom stereocenters. The first-order valence-corrected chi connectivity index (χ1v) is 11.7. The summed E-state index contributed by atoms with van der Waals surface area (Å²) in [6, 6.07) is 12.4. The molecule has 0 radical (unpaired) electrons. The van der Waals surface area contributed by atoms with Gasteiger partial charge in [-0.3, -0.25) is 9.36 Å². The quantitative estimate of drug-likeness (QED) is 0.590. The maximum absolute atomic E-state index is 13.0. The summed E-state index contributed by atoms with van der Waals surface area (Å²) in [6.45, 7) is 0.203. The number of benzene rings is 2. The van der Waals surface area contributed by atoms with Crippen molar-refractivity contribution in [1.29, 1.82) is 0 Å². The highest BCUT2D eigenvalue weighted by Crippen LogP contribution is 2.52. The highest BCUT2D eigenvalue weighted by Gasteiger charge is 2.46. The van der Waals surface area contributed by atoms with E-state index >= 15 is 0 Å². The largest absolute Gasteiger partial charge is 0.396 e. The average molecular weight is 433 g/mol. The van der Waals surface area contributed by atoms with Crippen molar-refractivity contribution < 1.29 is 5.11 Å². The molecule has 4 nitrogen and oxygen atoms in total. The van der Waals surface area contributed by atoms with Crippen LogP contribution in [-0.4, -0.2) is 21.3 Å². The van der Waals surface area contributed by atoms with Crippen molar-refractivity contribution in [2.45, 2.75) is 50.4 Å². The van der Waals surface area contributed by atoms with Crippen LogP contribution in [0.3, 0.4) is 0 Å². The Hall–Kier alpha value is -2.43. The van der Waals surface area contributed by atoms with E-state index in [1.807, 2.05) is 12.1 Å². The maximum Gasteiger partial charge on any atom is 0.282 e. The molecular formula is C26H25ClN2O2. The predicted molar refractivity (Wildman–Crippen MR) is 124 cm³/mol. The van der Waals surface area contributed by atoms with E-state index in [9.17, 15) is 9.90 Å². The maximum atomic E-state index is 13.0. The number of fused-ring (bicyclic) bond motifs is 7. The second-order valence-electron chi connectivity index (χ2n) is 9.26. The van der Waals surface area contributed by atoms with Crippen LogP contribution in [0.5, 0.6) is 0 Å². The van der Waals surface area contributed by atoms with E-state index in [-0.39, 0.29) is 23.5 Å². The summed E-state index contributed by atoms with van der Waals surface area (Å²) in [6.07, 6.45) is 9.76. The van der Waals surface area contributed by atoms with Gasteiger partial charge in [-0.1, -0.05) is 55.1 Å². The molecule has 1 fully saturated rings. The van der Waals surface area contributed by atoms with Crippen molar-refractivity contribution in [1.82, 2.24) is 9.55 Å². The molecule has 0 saturated heterocycles. The molecule has 6 rings (SSSR count). The Morgan fingerprint density at radius 1 is 1.16 bits per heavy atom. The summed E-state index contributed by atoms with van der Waals surface area (Å²) in [5, 5.41) is 10.5. The van der Waals surface area contributed by atoms with Gasteiger partial charge in [-0.05, 0) is 60.6 Å².